The van der Waals surface area contributed by atoms with Crippen LogP contribution < -0.4 is 5.32 Å². The van der Waals surface area contributed by atoms with Crippen molar-refractivity contribution >= 4 is 11.9 Å². The van der Waals surface area contributed by atoms with Crippen LogP contribution in [0.5, 0.6) is 0 Å². The van der Waals surface area contributed by atoms with Gasteiger partial charge in [0.15, 0.2) is 0 Å². The standard InChI is InChI=1S/C18H21FN2O3/c1-11-10-13(16(22)20-18(3,4)17(23)24-5)12(2)21(11)15-9-7-6-8-14(15)19/h6-10H,1-5H3,(H,20,22). The first-order chi connectivity index (χ1) is 11.2. The Balaban J connectivity index is 2.41. The second-order valence-corrected chi connectivity index (χ2v) is 6.14. The maximum absolute atomic E-state index is 14.1. The summed E-state index contributed by atoms with van der Waals surface area (Å²) in [6.45, 7) is 6.65. The molecule has 6 heteroatoms. The number of para-hydroxylation sites is 1. The second-order valence-electron chi connectivity index (χ2n) is 6.14. The molecule has 0 fully saturated rings. The van der Waals surface area contributed by atoms with Gasteiger partial charge >= 0.3 is 5.97 Å². The molecule has 2 rings (SSSR count). The number of aryl methyl sites for hydroxylation is 1. The molecule has 0 aliphatic carbocycles. The molecule has 0 unspecified atom stereocenters. The SMILES string of the molecule is COC(=O)C(C)(C)NC(=O)c1cc(C)n(-c2ccccc2F)c1C. The summed E-state index contributed by atoms with van der Waals surface area (Å²) < 4.78 is 20.4. The Bertz CT molecular complexity index is 794. The maximum Gasteiger partial charge on any atom is 0.330 e. The molecule has 1 amide bonds. The highest BCUT2D eigenvalue weighted by atomic mass is 19.1. The van der Waals surface area contributed by atoms with E-state index < -0.39 is 17.4 Å². The fourth-order valence-electron chi connectivity index (χ4n) is 2.65. The monoisotopic (exact) mass is 332 g/mol. The minimum Gasteiger partial charge on any atom is -0.467 e. The third-order valence-corrected chi connectivity index (χ3v) is 3.89. The van der Waals surface area contributed by atoms with Gasteiger partial charge in [0, 0.05) is 11.4 Å². The molecule has 1 aromatic carbocycles. The Labute approximate surface area is 140 Å². The molecular formula is C18H21FN2O3. The van der Waals surface area contributed by atoms with E-state index in [1.807, 2.05) is 0 Å². The molecule has 0 aliphatic rings. The van der Waals surface area contributed by atoms with Crippen molar-refractivity contribution in [1.82, 2.24) is 9.88 Å². The van der Waals surface area contributed by atoms with Gasteiger partial charge in [0.1, 0.15) is 11.4 Å². The lowest BCUT2D eigenvalue weighted by molar-refractivity contribution is -0.146. The Kier molecular flexibility index (Phi) is 4.78. The summed E-state index contributed by atoms with van der Waals surface area (Å²) in [6.07, 6.45) is 0. The van der Waals surface area contributed by atoms with Gasteiger partial charge in [-0.2, -0.15) is 0 Å². The van der Waals surface area contributed by atoms with Crippen LogP contribution in [0.2, 0.25) is 0 Å². The predicted octanol–water partition coefficient (Wildman–Crippen LogP) is 2.91. The Morgan fingerprint density at radius 3 is 2.42 bits per heavy atom. The van der Waals surface area contributed by atoms with E-state index in [1.54, 1.807) is 56.5 Å². The number of nitrogens with zero attached hydrogens (tertiary/aromatic N) is 1. The third kappa shape index (κ3) is 3.18. The van der Waals surface area contributed by atoms with E-state index in [9.17, 15) is 14.0 Å². The molecule has 1 N–H and O–H groups in total. The molecular weight excluding hydrogens is 311 g/mol. The largest absolute Gasteiger partial charge is 0.467 e. The number of halogens is 1. The highest BCUT2D eigenvalue weighted by Crippen LogP contribution is 2.23. The van der Waals surface area contributed by atoms with Gasteiger partial charge in [0.25, 0.3) is 5.91 Å². The molecule has 128 valence electrons. The van der Waals surface area contributed by atoms with E-state index in [4.69, 9.17) is 0 Å². The van der Waals surface area contributed by atoms with Gasteiger partial charge in [-0.3, -0.25) is 4.79 Å². The summed E-state index contributed by atoms with van der Waals surface area (Å²) in [6, 6.07) is 8.03. The zero-order valence-corrected chi connectivity index (χ0v) is 14.4. The summed E-state index contributed by atoms with van der Waals surface area (Å²) in [7, 11) is 1.26. The number of ether oxygens (including phenoxy) is 1. The minimum atomic E-state index is -1.16. The summed E-state index contributed by atoms with van der Waals surface area (Å²) >= 11 is 0. The summed E-state index contributed by atoms with van der Waals surface area (Å²) in [4.78, 5) is 24.3. The van der Waals surface area contributed by atoms with Gasteiger partial charge in [-0.25, -0.2) is 9.18 Å². The second kappa shape index (κ2) is 6.47. The van der Waals surface area contributed by atoms with Gasteiger partial charge < -0.3 is 14.6 Å². The number of benzene rings is 1. The third-order valence-electron chi connectivity index (χ3n) is 3.89. The molecule has 2 aromatic rings. The Hall–Kier alpha value is -2.63. The van der Waals surface area contributed by atoms with Gasteiger partial charge in [0.2, 0.25) is 0 Å². The first-order valence-corrected chi connectivity index (χ1v) is 7.54. The van der Waals surface area contributed by atoms with E-state index in [-0.39, 0.29) is 5.82 Å². The molecule has 1 aromatic heterocycles. The van der Waals surface area contributed by atoms with Crippen LogP contribution in [0.3, 0.4) is 0 Å². The fraction of sp³-hybridized carbons (Fsp3) is 0.333. The number of amides is 1. The van der Waals surface area contributed by atoms with Crippen LogP contribution >= 0.6 is 0 Å². The first-order valence-electron chi connectivity index (χ1n) is 7.54. The Morgan fingerprint density at radius 1 is 1.21 bits per heavy atom. The van der Waals surface area contributed by atoms with Crippen LogP contribution in [-0.2, 0) is 9.53 Å². The quantitative estimate of drug-likeness (QED) is 0.876. The van der Waals surface area contributed by atoms with Crippen molar-refractivity contribution in [2.24, 2.45) is 0 Å². The summed E-state index contributed by atoms with van der Waals surface area (Å²) in [5.74, 6) is -1.33. The molecule has 0 saturated heterocycles. The van der Waals surface area contributed by atoms with Crippen LogP contribution in [0, 0.1) is 19.7 Å². The molecule has 0 aliphatic heterocycles. The van der Waals surface area contributed by atoms with Crippen LogP contribution in [-0.4, -0.2) is 29.1 Å². The van der Waals surface area contributed by atoms with E-state index in [0.29, 0.717) is 16.9 Å². The van der Waals surface area contributed by atoms with E-state index in [0.717, 1.165) is 5.69 Å². The number of carbonyl (C=O) groups excluding carboxylic acids is 2. The van der Waals surface area contributed by atoms with Crippen LogP contribution in [0.1, 0.15) is 35.6 Å². The number of nitrogens with one attached hydrogen (secondary N) is 1. The van der Waals surface area contributed by atoms with Crippen LogP contribution in [0.15, 0.2) is 30.3 Å². The van der Waals surface area contributed by atoms with E-state index >= 15 is 0 Å². The normalized spacial score (nSPS) is 11.2. The van der Waals surface area contributed by atoms with Crippen molar-refractivity contribution in [2.75, 3.05) is 7.11 Å². The Morgan fingerprint density at radius 2 is 1.83 bits per heavy atom. The van der Waals surface area contributed by atoms with E-state index in [2.05, 4.69) is 10.1 Å². The number of hydrogen-bond acceptors (Lipinski definition) is 3. The fourth-order valence-corrected chi connectivity index (χ4v) is 2.65. The van der Waals surface area contributed by atoms with Crippen LogP contribution in [0.4, 0.5) is 4.39 Å². The number of rotatable bonds is 4. The predicted molar refractivity (Wildman–Crippen MR) is 88.8 cm³/mol. The van der Waals surface area contributed by atoms with Crippen molar-refractivity contribution in [2.45, 2.75) is 33.2 Å². The first kappa shape index (κ1) is 17.7. The number of hydrogen-bond donors (Lipinski definition) is 1. The summed E-state index contributed by atoms with van der Waals surface area (Å²) in [5, 5.41) is 2.65. The van der Waals surface area contributed by atoms with Crippen molar-refractivity contribution in [1.29, 1.82) is 0 Å². The smallest absolute Gasteiger partial charge is 0.330 e. The average molecular weight is 332 g/mol. The molecule has 0 bridgehead atoms. The van der Waals surface area contributed by atoms with Crippen molar-refractivity contribution in [3.63, 3.8) is 0 Å². The molecule has 0 atom stereocenters. The summed E-state index contributed by atoms with van der Waals surface area (Å²) in [5.41, 5.74) is 0.910. The van der Waals surface area contributed by atoms with Crippen molar-refractivity contribution < 1.29 is 18.7 Å². The lowest BCUT2D eigenvalue weighted by atomic mass is 10.1. The van der Waals surface area contributed by atoms with Gasteiger partial charge in [-0.05, 0) is 45.9 Å². The van der Waals surface area contributed by atoms with Gasteiger partial charge in [-0.1, -0.05) is 12.1 Å². The average Bonchev–Trinajstić information content (AvgIpc) is 2.81. The number of methoxy groups -OCH3 is 1. The molecule has 0 saturated carbocycles. The van der Waals surface area contributed by atoms with Crippen LogP contribution in [0.25, 0.3) is 5.69 Å². The lowest BCUT2D eigenvalue weighted by Gasteiger charge is -2.23. The molecule has 0 spiro atoms. The number of carbonyl (C=O) groups is 2. The number of aromatic nitrogens is 1. The van der Waals surface area contributed by atoms with Crippen molar-refractivity contribution in [3.05, 3.63) is 53.1 Å². The molecule has 5 nitrogen and oxygen atoms in total. The van der Waals surface area contributed by atoms with E-state index in [1.165, 1.54) is 13.2 Å². The maximum atomic E-state index is 14.1. The van der Waals surface area contributed by atoms with Gasteiger partial charge in [0.05, 0.1) is 18.4 Å². The van der Waals surface area contributed by atoms with Gasteiger partial charge in [-0.15, -0.1) is 0 Å². The molecule has 0 radical (unpaired) electrons. The molecule has 1 heterocycles. The zero-order valence-electron chi connectivity index (χ0n) is 14.4. The topological polar surface area (TPSA) is 60.3 Å². The van der Waals surface area contributed by atoms with Crippen molar-refractivity contribution in [3.8, 4) is 5.69 Å². The number of esters is 1. The zero-order chi connectivity index (χ0) is 18.1. The highest BCUT2D eigenvalue weighted by Gasteiger charge is 2.32. The highest BCUT2D eigenvalue weighted by molar-refractivity contribution is 5.99. The lowest BCUT2D eigenvalue weighted by Crippen LogP contribution is -2.50. The molecule has 24 heavy (non-hydrogen) atoms. The minimum absolute atomic E-state index is 0.374.